The molecule has 2 aliphatic heterocycles. The van der Waals surface area contributed by atoms with Crippen molar-refractivity contribution in [2.75, 3.05) is 81.8 Å². The Morgan fingerprint density at radius 3 is 2.43 bits per heavy atom. The van der Waals surface area contributed by atoms with E-state index >= 15 is 0 Å². The number of aromatic nitrogens is 3. The van der Waals surface area contributed by atoms with E-state index in [-0.39, 0.29) is 11.8 Å². The fraction of sp³-hybridized carbons (Fsp3) is 0.615. The van der Waals surface area contributed by atoms with Crippen LogP contribution in [0.3, 0.4) is 0 Å². The molecule has 37 heavy (non-hydrogen) atoms. The van der Waals surface area contributed by atoms with Crippen LogP contribution in [-0.2, 0) is 9.47 Å². The molecule has 11 nitrogen and oxygen atoms in total. The van der Waals surface area contributed by atoms with E-state index in [1.165, 1.54) is 6.42 Å². The zero-order chi connectivity index (χ0) is 25.7. The van der Waals surface area contributed by atoms with E-state index in [1.807, 2.05) is 43.3 Å². The molecule has 1 aromatic heterocycles. The zero-order valence-corrected chi connectivity index (χ0v) is 21.9. The Morgan fingerprint density at radius 1 is 0.973 bits per heavy atom. The number of anilines is 3. The fourth-order valence-electron chi connectivity index (χ4n) is 5.19. The van der Waals surface area contributed by atoms with Gasteiger partial charge in [-0.05, 0) is 64.0 Å². The quantitative estimate of drug-likeness (QED) is 0.581. The van der Waals surface area contributed by atoms with Gasteiger partial charge in [0.2, 0.25) is 11.9 Å². The third kappa shape index (κ3) is 6.11. The van der Waals surface area contributed by atoms with Gasteiger partial charge in [-0.15, -0.1) is 0 Å². The van der Waals surface area contributed by atoms with E-state index in [0.29, 0.717) is 49.8 Å². The molecule has 0 bridgehead atoms. The molecule has 2 amide bonds. The van der Waals surface area contributed by atoms with E-state index in [0.717, 1.165) is 57.4 Å². The number of urea groups is 1. The van der Waals surface area contributed by atoms with Crippen LogP contribution in [0.2, 0.25) is 0 Å². The van der Waals surface area contributed by atoms with Crippen molar-refractivity contribution in [1.82, 2.24) is 25.2 Å². The van der Waals surface area contributed by atoms with Crippen molar-refractivity contribution in [3.63, 3.8) is 0 Å². The summed E-state index contributed by atoms with van der Waals surface area (Å²) < 4.78 is 11.9. The summed E-state index contributed by atoms with van der Waals surface area (Å²) in [5.74, 6) is 1.96. The Hall–Kier alpha value is -3.02. The highest BCUT2D eigenvalue weighted by atomic mass is 16.5. The van der Waals surface area contributed by atoms with Crippen molar-refractivity contribution in [2.24, 2.45) is 0 Å². The Labute approximate surface area is 218 Å². The van der Waals surface area contributed by atoms with Gasteiger partial charge >= 0.3 is 6.03 Å². The Bertz CT molecular complexity index is 1050. The SMILES string of the molecule is CN(C)CCNC(=O)Nc1ccc(-c2nc(N3CCOCC3)nc(N3CCOC34CCCCC4)n2)cc1. The Balaban J connectivity index is 1.38. The van der Waals surface area contributed by atoms with Crippen molar-refractivity contribution < 1.29 is 14.3 Å². The molecule has 3 heterocycles. The van der Waals surface area contributed by atoms with Crippen LogP contribution in [0.5, 0.6) is 0 Å². The van der Waals surface area contributed by atoms with Crippen molar-refractivity contribution >= 4 is 23.6 Å². The standard InChI is InChI=1S/C26H38N8O3/c1-32(2)13-12-27-25(35)28-21-8-6-20(7-9-21)22-29-23(33-14-17-36-18-15-33)31-24(30-22)34-16-19-37-26(34)10-4-3-5-11-26/h6-9H,3-5,10-19H2,1-2H3,(H2,27,28,35). The molecule has 1 spiro atoms. The predicted molar refractivity (Wildman–Crippen MR) is 143 cm³/mol. The van der Waals surface area contributed by atoms with E-state index < -0.39 is 0 Å². The van der Waals surface area contributed by atoms with Crippen LogP contribution in [0, 0.1) is 0 Å². The summed E-state index contributed by atoms with van der Waals surface area (Å²) in [6, 6.07) is 7.40. The lowest BCUT2D eigenvalue weighted by molar-refractivity contribution is -0.0233. The van der Waals surface area contributed by atoms with E-state index in [2.05, 4.69) is 20.4 Å². The van der Waals surface area contributed by atoms with Gasteiger partial charge in [-0.2, -0.15) is 15.0 Å². The molecule has 11 heteroatoms. The van der Waals surface area contributed by atoms with Crippen LogP contribution >= 0.6 is 0 Å². The fourth-order valence-corrected chi connectivity index (χ4v) is 5.19. The molecule has 0 unspecified atom stereocenters. The average molecular weight is 511 g/mol. The van der Waals surface area contributed by atoms with Gasteiger partial charge in [0.1, 0.15) is 5.72 Å². The average Bonchev–Trinajstić information content (AvgIpc) is 3.32. The first-order valence-corrected chi connectivity index (χ1v) is 13.3. The molecule has 1 aliphatic carbocycles. The lowest BCUT2D eigenvalue weighted by Crippen LogP contribution is -2.47. The number of carbonyl (C=O) groups excluding carboxylic acids is 1. The lowest BCUT2D eigenvalue weighted by Gasteiger charge is -2.40. The van der Waals surface area contributed by atoms with Crippen molar-refractivity contribution in [1.29, 1.82) is 0 Å². The largest absolute Gasteiger partial charge is 0.378 e. The highest BCUT2D eigenvalue weighted by Gasteiger charge is 2.44. The number of likely N-dealkylation sites (N-methyl/N-ethyl adjacent to an activating group) is 1. The smallest absolute Gasteiger partial charge is 0.319 e. The normalized spacial score (nSPS) is 19.4. The van der Waals surface area contributed by atoms with Crippen LogP contribution in [0.1, 0.15) is 32.1 Å². The molecule has 3 fully saturated rings. The molecule has 1 aromatic carbocycles. The predicted octanol–water partition coefficient (Wildman–Crippen LogP) is 2.56. The highest BCUT2D eigenvalue weighted by Crippen LogP contribution is 2.40. The summed E-state index contributed by atoms with van der Waals surface area (Å²) in [4.78, 5) is 33.4. The molecular weight excluding hydrogens is 472 g/mol. The number of amides is 2. The molecule has 1 saturated carbocycles. The van der Waals surface area contributed by atoms with Crippen LogP contribution in [0.15, 0.2) is 24.3 Å². The van der Waals surface area contributed by atoms with Gasteiger partial charge in [0.25, 0.3) is 0 Å². The molecule has 2 saturated heterocycles. The summed E-state index contributed by atoms with van der Waals surface area (Å²) in [6.45, 7) is 5.63. The molecular formula is C26H38N8O3. The molecule has 2 aromatic rings. The Kier molecular flexibility index (Phi) is 8.02. The number of benzene rings is 1. The molecule has 0 atom stereocenters. The monoisotopic (exact) mass is 510 g/mol. The number of ether oxygens (including phenoxy) is 2. The van der Waals surface area contributed by atoms with Gasteiger partial charge in [0.05, 0.1) is 19.8 Å². The maximum Gasteiger partial charge on any atom is 0.319 e. The number of hydrogen-bond donors (Lipinski definition) is 2. The van der Waals surface area contributed by atoms with Crippen LogP contribution in [0.4, 0.5) is 22.4 Å². The van der Waals surface area contributed by atoms with Gasteiger partial charge in [-0.1, -0.05) is 6.42 Å². The number of morpholine rings is 1. The first-order chi connectivity index (χ1) is 18.0. The third-order valence-electron chi connectivity index (χ3n) is 7.21. The van der Waals surface area contributed by atoms with Gasteiger partial charge in [-0.25, -0.2) is 4.79 Å². The summed E-state index contributed by atoms with van der Waals surface area (Å²) in [5.41, 5.74) is 1.27. The summed E-state index contributed by atoms with van der Waals surface area (Å²) in [5, 5.41) is 5.75. The second-order valence-corrected chi connectivity index (χ2v) is 10.1. The number of nitrogens with zero attached hydrogens (tertiary/aromatic N) is 6. The Morgan fingerprint density at radius 2 is 1.70 bits per heavy atom. The minimum Gasteiger partial charge on any atom is -0.378 e. The molecule has 200 valence electrons. The minimum atomic E-state index is -0.313. The van der Waals surface area contributed by atoms with Crippen LogP contribution < -0.4 is 20.4 Å². The zero-order valence-electron chi connectivity index (χ0n) is 21.9. The lowest BCUT2D eigenvalue weighted by atomic mass is 9.91. The van der Waals surface area contributed by atoms with Gasteiger partial charge in [-0.3, -0.25) is 0 Å². The number of nitrogens with one attached hydrogen (secondary N) is 2. The van der Waals surface area contributed by atoms with Crippen molar-refractivity contribution in [3.05, 3.63) is 24.3 Å². The second-order valence-electron chi connectivity index (χ2n) is 10.1. The first kappa shape index (κ1) is 25.6. The van der Waals surface area contributed by atoms with E-state index in [4.69, 9.17) is 24.4 Å². The topological polar surface area (TPSA) is 108 Å². The summed E-state index contributed by atoms with van der Waals surface area (Å²) in [7, 11) is 3.95. The highest BCUT2D eigenvalue weighted by molar-refractivity contribution is 5.89. The second kappa shape index (κ2) is 11.6. The van der Waals surface area contributed by atoms with Crippen molar-refractivity contribution in [3.8, 4) is 11.4 Å². The first-order valence-electron chi connectivity index (χ1n) is 13.3. The molecule has 3 aliphatic rings. The summed E-state index contributed by atoms with van der Waals surface area (Å²) in [6.07, 6.45) is 5.55. The van der Waals surface area contributed by atoms with E-state index in [9.17, 15) is 4.79 Å². The van der Waals surface area contributed by atoms with Crippen LogP contribution in [0.25, 0.3) is 11.4 Å². The number of rotatable bonds is 7. The number of carbonyl (C=O) groups is 1. The molecule has 2 N–H and O–H groups in total. The molecule has 5 rings (SSSR count). The van der Waals surface area contributed by atoms with Gasteiger partial charge in [0.15, 0.2) is 5.82 Å². The third-order valence-corrected chi connectivity index (χ3v) is 7.21. The summed E-state index contributed by atoms with van der Waals surface area (Å²) >= 11 is 0. The van der Waals surface area contributed by atoms with Crippen LogP contribution in [-0.4, -0.2) is 98.2 Å². The molecule has 0 radical (unpaired) electrons. The van der Waals surface area contributed by atoms with E-state index in [1.54, 1.807) is 0 Å². The van der Waals surface area contributed by atoms with Gasteiger partial charge in [0, 0.05) is 44.0 Å². The minimum absolute atomic E-state index is 0.224. The van der Waals surface area contributed by atoms with Crippen molar-refractivity contribution in [2.45, 2.75) is 37.8 Å². The maximum absolute atomic E-state index is 12.2. The number of hydrogen-bond acceptors (Lipinski definition) is 9. The maximum atomic E-state index is 12.2. The van der Waals surface area contributed by atoms with Gasteiger partial charge < -0.3 is 34.8 Å².